The molecule has 0 aromatic carbocycles. The molecule has 0 aliphatic carbocycles. The van der Waals surface area contributed by atoms with Crippen molar-refractivity contribution in [2.45, 2.75) is 26.3 Å². The van der Waals surface area contributed by atoms with Gasteiger partial charge in [0, 0.05) is 36.3 Å². The quantitative estimate of drug-likeness (QED) is 0.782. The summed E-state index contributed by atoms with van der Waals surface area (Å²) in [7, 11) is 0. The van der Waals surface area contributed by atoms with Gasteiger partial charge in [0.25, 0.3) is 0 Å². The zero-order valence-corrected chi connectivity index (χ0v) is 11.3. The Morgan fingerprint density at radius 1 is 1.28 bits per heavy atom. The van der Waals surface area contributed by atoms with E-state index in [2.05, 4.69) is 22.2 Å². The van der Waals surface area contributed by atoms with Gasteiger partial charge >= 0.3 is 0 Å². The van der Waals surface area contributed by atoms with Crippen LogP contribution in [0.4, 0.5) is 5.69 Å². The Hall–Kier alpha value is -1.46. The largest absolute Gasteiger partial charge is 0.397 e. The molecule has 5 heteroatoms. The summed E-state index contributed by atoms with van der Waals surface area (Å²) in [5.74, 6) is 0. The summed E-state index contributed by atoms with van der Waals surface area (Å²) in [6, 6.07) is 3.85. The van der Waals surface area contributed by atoms with Gasteiger partial charge in [-0.25, -0.2) is 4.98 Å². The van der Waals surface area contributed by atoms with Crippen LogP contribution in [-0.4, -0.2) is 16.5 Å². The van der Waals surface area contributed by atoms with Gasteiger partial charge in [-0.3, -0.25) is 4.98 Å². The molecule has 0 fully saturated rings. The van der Waals surface area contributed by atoms with Crippen molar-refractivity contribution in [2.24, 2.45) is 0 Å². The maximum atomic E-state index is 5.59. The minimum Gasteiger partial charge on any atom is -0.397 e. The predicted octanol–water partition coefficient (Wildman–Crippen LogP) is 2.02. The molecule has 0 aliphatic heterocycles. The van der Waals surface area contributed by atoms with Gasteiger partial charge in [0.2, 0.25) is 0 Å². The molecule has 0 amide bonds. The molecule has 0 saturated heterocycles. The molecule has 0 saturated carbocycles. The average molecular weight is 262 g/mol. The van der Waals surface area contributed by atoms with E-state index in [9.17, 15) is 0 Å². The van der Waals surface area contributed by atoms with Crippen molar-refractivity contribution < 1.29 is 0 Å². The minimum absolute atomic E-state index is 0.710. The molecule has 2 rings (SSSR count). The Labute approximate surface area is 111 Å². The second-order valence-electron chi connectivity index (χ2n) is 4.08. The molecular weight excluding hydrogens is 244 g/mol. The number of nitrogen functional groups attached to an aromatic ring is 1. The van der Waals surface area contributed by atoms with Gasteiger partial charge in [-0.15, -0.1) is 11.3 Å². The number of rotatable bonds is 6. The fraction of sp³-hybridized carbons (Fsp3) is 0.385. The molecule has 0 bridgehead atoms. The van der Waals surface area contributed by atoms with Crippen LogP contribution in [0.1, 0.15) is 22.5 Å². The number of aromatic nitrogens is 2. The van der Waals surface area contributed by atoms with Gasteiger partial charge < -0.3 is 11.1 Å². The van der Waals surface area contributed by atoms with Crippen LogP contribution in [0.25, 0.3) is 0 Å². The van der Waals surface area contributed by atoms with Gasteiger partial charge in [0.1, 0.15) is 5.01 Å². The van der Waals surface area contributed by atoms with Gasteiger partial charge in [-0.2, -0.15) is 0 Å². The van der Waals surface area contributed by atoms with Crippen molar-refractivity contribution in [3.05, 3.63) is 40.1 Å². The lowest BCUT2D eigenvalue weighted by atomic mass is 10.2. The van der Waals surface area contributed by atoms with E-state index in [1.165, 1.54) is 4.88 Å². The van der Waals surface area contributed by atoms with Crippen LogP contribution in [0.2, 0.25) is 0 Å². The minimum atomic E-state index is 0.710. The predicted molar refractivity (Wildman–Crippen MR) is 75.6 cm³/mol. The van der Waals surface area contributed by atoms with Crippen LogP contribution < -0.4 is 11.1 Å². The fourth-order valence-corrected chi connectivity index (χ4v) is 2.42. The number of thiazole rings is 1. The summed E-state index contributed by atoms with van der Waals surface area (Å²) in [6.07, 6.45) is 5.63. The standard InChI is InChI=1S/C13H18N4S/c1-2-12-8-17-13(18-12)9-15-6-5-11-4-3-10(14)7-16-11/h3-4,7-8,15H,2,5-6,9,14H2,1H3. The highest BCUT2D eigenvalue weighted by atomic mass is 32.1. The first kappa shape index (κ1) is 13.0. The Bertz CT molecular complexity index is 478. The zero-order chi connectivity index (χ0) is 12.8. The monoisotopic (exact) mass is 262 g/mol. The van der Waals surface area contributed by atoms with E-state index in [-0.39, 0.29) is 0 Å². The Balaban J connectivity index is 1.71. The number of nitrogens with one attached hydrogen (secondary N) is 1. The summed E-state index contributed by atoms with van der Waals surface area (Å²) in [6.45, 7) is 3.88. The van der Waals surface area contributed by atoms with E-state index < -0.39 is 0 Å². The second-order valence-corrected chi connectivity index (χ2v) is 5.28. The highest BCUT2D eigenvalue weighted by Crippen LogP contribution is 2.12. The maximum absolute atomic E-state index is 5.59. The van der Waals surface area contributed by atoms with E-state index >= 15 is 0 Å². The van der Waals surface area contributed by atoms with Crippen LogP contribution in [-0.2, 0) is 19.4 Å². The molecule has 2 aromatic rings. The second kappa shape index (κ2) is 6.47. The third kappa shape index (κ3) is 3.78. The van der Waals surface area contributed by atoms with Gasteiger partial charge in [0.15, 0.2) is 0 Å². The van der Waals surface area contributed by atoms with Gasteiger partial charge in [0.05, 0.1) is 11.9 Å². The van der Waals surface area contributed by atoms with Crippen molar-refractivity contribution in [1.29, 1.82) is 0 Å². The fourth-order valence-electron chi connectivity index (χ4n) is 1.59. The van der Waals surface area contributed by atoms with E-state index in [0.29, 0.717) is 5.69 Å². The first-order valence-electron chi connectivity index (χ1n) is 6.12. The van der Waals surface area contributed by atoms with E-state index in [1.807, 2.05) is 18.3 Å². The molecule has 0 atom stereocenters. The van der Waals surface area contributed by atoms with Crippen molar-refractivity contribution in [1.82, 2.24) is 15.3 Å². The van der Waals surface area contributed by atoms with E-state index in [1.54, 1.807) is 17.5 Å². The Kier molecular flexibility index (Phi) is 4.66. The number of pyridine rings is 1. The Morgan fingerprint density at radius 3 is 2.83 bits per heavy atom. The topological polar surface area (TPSA) is 63.8 Å². The smallest absolute Gasteiger partial charge is 0.107 e. The number of nitrogens with two attached hydrogens (primary N) is 1. The number of aryl methyl sites for hydroxylation is 1. The van der Waals surface area contributed by atoms with Crippen molar-refractivity contribution >= 4 is 17.0 Å². The normalized spacial score (nSPS) is 10.7. The molecule has 0 radical (unpaired) electrons. The highest BCUT2D eigenvalue weighted by Gasteiger charge is 2.00. The third-order valence-corrected chi connectivity index (χ3v) is 3.77. The lowest BCUT2D eigenvalue weighted by Gasteiger charge is -2.02. The lowest BCUT2D eigenvalue weighted by Crippen LogP contribution is -2.16. The molecule has 2 heterocycles. The number of nitrogens with zero attached hydrogens (tertiary/aromatic N) is 2. The molecule has 0 unspecified atom stereocenters. The Morgan fingerprint density at radius 2 is 2.17 bits per heavy atom. The van der Waals surface area contributed by atoms with Gasteiger partial charge in [-0.05, 0) is 18.6 Å². The molecule has 0 spiro atoms. The van der Waals surface area contributed by atoms with Gasteiger partial charge in [-0.1, -0.05) is 6.92 Å². The first-order chi connectivity index (χ1) is 8.78. The molecule has 3 N–H and O–H groups in total. The van der Waals surface area contributed by atoms with Crippen LogP contribution in [0.15, 0.2) is 24.5 Å². The van der Waals surface area contributed by atoms with Crippen molar-refractivity contribution in [3.63, 3.8) is 0 Å². The average Bonchev–Trinajstić information content (AvgIpc) is 2.85. The third-order valence-electron chi connectivity index (χ3n) is 2.63. The highest BCUT2D eigenvalue weighted by molar-refractivity contribution is 7.11. The van der Waals surface area contributed by atoms with Crippen LogP contribution in [0.5, 0.6) is 0 Å². The van der Waals surface area contributed by atoms with Crippen LogP contribution in [0.3, 0.4) is 0 Å². The number of hydrogen-bond donors (Lipinski definition) is 2. The molecule has 0 aliphatic rings. The molecule has 2 aromatic heterocycles. The molecule has 18 heavy (non-hydrogen) atoms. The number of anilines is 1. The van der Waals surface area contributed by atoms with E-state index in [4.69, 9.17) is 5.73 Å². The van der Waals surface area contributed by atoms with E-state index in [0.717, 1.165) is 36.6 Å². The summed E-state index contributed by atoms with van der Waals surface area (Å²) in [5, 5.41) is 4.53. The summed E-state index contributed by atoms with van der Waals surface area (Å²) >= 11 is 1.78. The molecule has 4 nitrogen and oxygen atoms in total. The summed E-state index contributed by atoms with van der Waals surface area (Å²) in [5.41, 5.74) is 7.36. The summed E-state index contributed by atoms with van der Waals surface area (Å²) in [4.78, 5) is 9.97. The van der Waals surface area contributed by atoms with Crippen molar-refractivity contribution in [3.8, 4) is 0 Å². The van der Waals surface area contributed by atoms with Crippen LogP contribution in [0, 0.1) is 0 Å². The number of hydrogen-bond acceptors (Lipinski definition) is 5. The molecule has 96 valence electrons. The van der Waals surface area contributed by atoms with Crippen molar-refractivity contribution in [2.75, 3.05) is 12.3 Å². The lowest BCUT2D eigenvalue weighted by molar-refractivity contribution is 0.677. The summed E-state index contributed by atoms with van der Waals surface area (Å²) < 4.78 is 0. The maximum Gasteiger partial charge on any atom is 0.107 e. The SMILES string of the molecule is CCc1cnc(CNCCc2ccc(N)cn2)s1. The zero-order valence-electron chi connectivity index (χ0n) is 10.5. The molecular formula is C13H18N4S. The van der Waals surface area contributed by atoms with Crippen LogP contribution >= 0.6 is 11.3 Å². The first-order valence-corrected chi connectivity index (χ1v) is 6.94.